The molecule has 0 radical (unpaired) electrons. The lowest BCUT2D eigenvalue weighted by molar-refractivity contribution is -0.513. The molecule has 0 aromatic heterocycles. The Bertz CT molecular complexity index is 1860. The molecule has 20 N–H and O–H groups in total. The quantitative estimate of drug-likeness (QED) is 0.0284. The number of phosphoric ester groups is 10. The second kappa shape index (κ2) is 19.4. The average molecular weight is 1100 g/mol. The Balaban J connectivity index is 11.6. The lowest BCUT2D eigenvalue weighted by Crippen LogP contribution is -2.84. The summed E-state index contributed by atoms with van der Waals surface area (Å²) in [5.41, 5.74) is -4.91. The summed E-state index contributed by atoms with van der Waals surface area (Å²) in [6, 6.07) is 0. The fraction of sp³-hybridized carbons (Fsp3) is 1.00. The molecular formula is C10H32O40P10. The van der Waals surface area contributed by atoms with Crippen LogP contribution in [0.2, 0.25) is 0 Å². The standard InChI is InChI=1S/C10H32O40P10/c1-3-5-6(4-2,41-51(11,12)13)7(42-52(14,15)16,43-53(17,18)19)8(44-54(20,21)22,45-55(23,24)25)9(46-56(26,27)28,47-57(29,30)31)10(48-58(32,33)34,49-59(35,36)37)50-60(38,39)40/h3-5H2,1-2H3,(H2,11,12,13)(H2,14,15,16)(H2,17,18,19)(H2,20,21,22)(H2,23,24,25)(H2,26,27,28)(H2,29,30,31)(H2,32,33,34)(H2,35,36,37)(H2,38,39,40). The van der Waals surface area contributed by atoms with Crippen molar-refractivity contribution in [2.45, 2.75) is 62.0 Å². The van der Waals surface area contributed by atoms with Gasteiger partial charge in [0.25, 0.3) is 5.79 Å². The van der Waals surface area contributed by atoms with Crippen LogP contribution >= 0.6 is 78.2 Å². The minimum Gasteiger partial charge on any atom is -0.303 e. The van der Waals surface area contributed by atoms with E-state index in [4.69, 9.17) is 0 Å². The van der Waals surface area contributed by atoms with Crippen LogP contribution in [0.3, 0.4) is 0 Å². The van der Waals surface area contributed by atoms with E-state index in [-0.39, 0.29) is 6.92 Å². The number of hydrogen-bond acceptors (Lipinski definition) is 20. The third-order valence-corrected chi connectivity index (χ3v) is 10.6. The highest BCUT2D eigenvalue weighted by molar-refractivity contribution is 7.49. The minimum atomic E-state index is -8.01. The molecule has 0 aromatic rings. The maximum absolute atomic E-state index is 12.9. The van der Waals surface area contributed by atoms with Gasteiger partial charge < -0.3 is 97.9 Å². The minimum absolute atomic E-state index is 0.179. The number of rotatable bonds is 27. The Morgan fingerprint density at radius 1 is 0.300 bits per heavy atom. The van der Waals surface area contributed by atoms with Gasteiger partial charge in [0.15, 0.2) is 0 Å². The molecule has 0 bridgehead atoms. The summed E-state index contributed by atoms with van der Waals surface area (Å²) in [6.07, 6.45) is -5.51. The van der Waals surface area contributed by atoms with Crippen LogP contribution < -0.4 is 0 Å². The van der Waals surface area contributed by atoms with Crippen LogP contribution in [0, 0.1) is 0 Å². The SMILES string of the molecule is CCCC(CC)(OP(=O)(O)O)C(OP(=O)(O)O)(OP(=O)(O)O)C(OP(=O)(O)O)(OP(=O)(O)O)C(OP(=O)(O)O)(OP(=O)(O)O)C(OP(=O)(O)O)(OP(=O)(O)O)OP(=O)(O)O. The van der Waals surface area contributed by atoms with Crippen molar-refractivity contribution in [1.29, 1.82) is 0 Å². The molecule has 0 saturated heterocycles. The second-order valence-corrected chi connectivity index (χ2v) is 22.0. The predicted molar refractivity (Wildman–Crippen MR) is 170 cm³/mol. The van der Waals surface area contributed by atoms with E-state index in [2.05, 4.69) is 45.2 Å². The first-order chi connectivity index (χ1) is 25.7. The largest absolute Gasteiger partial charge is 0.474 e. The number of hydrogen-bond donors (Lipinski definition) is 20. The van der Waals surface area contributed by atoms with Crippen molar-refractivity contribution in [2.75, 3.05) is 0 Å². The molecule has 362 valence electrons. The fourth-order valence-corrected chi connectivity index (χ4v) is 11.0. The zero-order chi connectivity index (χ0) is 48.7. The van der Waals surface area contributed by atoms with Crippen LogP contribution in [0.1, 0.15) is 33.1 Å². The van der Waals surface area contributed by atoms with Crippen LogP contribution in [-0.4, -0.2) is 127 Å². The van der Waals surface area contributed by atoms with E-state index in [0.29, 0.717) is 6.92 Å². The molecule has 0 aliphatic carbocycles. The smallest absolute Gasteiger partial charge is 0.303 e. The molecule has 40 nitrogen and oxygen atoms in total. The maximum Gasteiger partial charge on any atom is 0.474 e. The second-order valence-electron chi connectivity index (χ2n) is 10.3. The first kappa shape index (κ1) is 61.1. The molecule has 0 aliphatic rings. The zero-order valence-corrected chi connectivity index (χ0v) is 37.1. The molecule has 0 rings (SSSR count). The van der Waals surface area contributed by atoms with Gasteiger partial charge in [0, 0.05) is 0 Å². The number of phosphoric acid groups is 10. The van der Waals surface area contributed by atoms with Gasteiger partial charge in [-0.25, -0.2) is 86.4 Å². The summed E-state index contributed by atoms with van der Waals surface area (Å²) in [5, 5.41) is 0. The molecule has 1 atom stereocenters. The van der Waals surface area contributed by atoms with Gasteiger partial charge >= 0.3 is 95.8 Å². The summed E-state index contributed by atoms with van der Waals surface area (Å²) in [6.45, 7) is 0.807. The lowest BCUT2D eigenvalue weighted by atomic mass is 9.77. The molecular weight excluding hydrogens is 1070 g/mol. The Kier molecular flexibility index (Phi) is 19.7. The van der Waals surface area contributed by atoms with Gasteiger partial charge in [-0.1, -0.05) is 20.3 Å². The topological polar surface area (TPSA) is 668 Å². The summed E-state index contributed by atoms with van der Waals surface area (Å²) in [4.78, 5) is 199. The van der Waals surface area contributed by atoms with Gasteiger partial charge in [0.2, 0.25) is 0 Å². The lowest BCUT2D eigenvalue weighted by Gasteiger charge is -2.60. The van der Waals surface area contributed by atoms with E-state index in [1.165, 1.54) is 0 Å². The highest BCUT2D eigenvalue weighted by Gasteiger charge is 2.92. The normalized spacial score (nSPS) is 16.8. The van der Waals surface area contributed by atoms with E-state index < -0.39 is 126 Å². The molecule has 0 fully saturated rings. The Morgan fingerprint density at radius 2 is 0.500 bits per heavy atom. The average Bonchev–Trinajstić information content (AvgIpc) is 2.82. The van der Waals surface area contributed by atoms with Gasteiger partial charge in [-0.15, -0.1) is 0 Å². The van der Waals surface area contributed by atoms with Crippen molar-refractivity contribution < 1.29 is 189 Å². The third kappa shape index (κ3) is 18.4. The van der Waals surface area contributed by atoms with Gasteiger partial charge in [0.05, 0.1) is 0 Å². The van der Waals surface area contributed by atoms with Crippen LogP contribution in [0.4, 0.5) is 0 Å². The molecule has 50 heteroatoms. The van der Waals surface area contributed by atoms with Crippen molar-refractivity contribution >= 4 is 78.2 Å². The van der Waals surface area contributed by atoms with E-state index in [1.54, 1.807) is 0 Å². The molecule has 0 heterocycles. The molecule has 1 unspecified atom stereocenters. The first-order valence-corrected chi connectivity index (χ1v) is 28.6. The summed E-state index contributed by atoms with van der Waals surface area (Å²) < 4.78 is 164. The highest BCUT2D eigenvalue weighted by atomic mass is 31.2. The zero-order valence-electron chi connectivity index (χ0n) is 28.2. The molecule has 60 heavy (non-hydrogen) atoms. The molecule has 0 saturated carbocycles. The third-order valence-electron chi connectivity index (χ3n) is 5.59. The van der Waals surface area contributed by atoms with E-state index in [9.17, 15) is 144 Å². The first-order valence-electron chi connectivity index (χ1n) is 13.3. The Labute approximate surface area is 329 Å². The highest BCUT2D eigenvalue weighted by Crippen LogP contribution is 2.76. The van der Waals surface area contributed by atoms with Gasteiger partial charge in [-0.3, -0.25) is 4.52 Å². The van der Waals surface area contributed by atoms with Crippen LogP contribution in [0.5, 0.6) is 0 Å². The van der Waals surface area contributed by atoms with E-state index in [0.717, 1.165) is 0 Å². The van der Waals surface area contributed by atoms with E-state index in [1.807, 2.05) is 0 Å². The monoisotopic (exact) mass is 1100 g/mol. The molecule has 0 spiro atoms. The van der Waals surface area contributed by atoms with Crippen LogP contribution in [-0.2, 0) is 90.9 Å². The van der Waals surface area contributed by atoms with Crippen molar-refractivity contribution in [3.63, 3.8) is 0 Å². The van der Waals surface area contributed by atoms with Gasteiger partial charge in [-0.2, -0.15) is 0 Å². The summed E-state index contributed by atoms with van der Waals surface area (Å²) in [7, 11) is -77.6. The van der Waals surface area contributed by atoms with Crippen molar-refractivity contribution in [3.05, 3.63) is 0 Å². The van der Waals surface area contributed by atoms with Gasteiger partial charge in [-0.05, 0) is 12.8 Å². The van der Waals surface area contributed by atoms with Crippen LogP contribution in [0.15, 0.2) is 0 Å². The molecule has 0 amide bonds. The Hall–Kier alpha value is 1.10. The van der Waals surface area contributed by atoms with Gasteiger partial charge in [0.1, 0.15) is 5.60 Å². The van der Waals surface area contributed by atoms with Crippen molar-refractivity contribution in [2.24, 2.45) is 0 Å². The molecule has 0 aliphatic heterocycles. The summed E-state index contributed by atoms with van der Waals surface area (Å²) in [5.74, 6) is -28.3. The van der Waals surface area contributed by atoms with Crippen LogP contribution in [0.25, 0.3) is 0 Å². The maximum atomic E-state index is 12.9. The Morgan fingerprint density at radius 3 is 0.683 bits per heavy atom. The van der Waals surface area contributed by atoms with E-state index >= 15 is 0 Å². The van der Waals surface area contributed by atoms with Crippen molar-refractivity contribution in [1.82, 2.24) is 0 Å². The fourth-order valence-electron chi connectivity index (χ4n) is 4.61. The summed E-state index contributed by atoms with van der Waals surface area (Å²) >= 11 is 0. The molecule has 0 aromatic carbocycles. The predicted octanol–water partition coefficient (Wildman–Crippen LogP) is -3.23. The van der Waals surface area contributed by atoms with Crippen molar-refractivity contribution in [3.8, 4) is 0 Å².